The highest BCUT2D eigenvalue weighted by molar-refractivity contribution is 7.80. The third kappa shape index (κ3) is 4.29. The van der Waals surface area contributed by atoms with Crippen LogP contribution in [0.15, 0.2) is 41.8 Å². The zero-order valence-corrected chi connectivity index (χ0v) is 12.0. The Labute approximate surface area is 121 Å². The summed E-state index contributed by atoms with van der Waals surface area (Å²) in [6, 6.07) is 11.8. The van der Waals surface area contributed by atoms with Crippen molar-refractivity contribution in [2.45, 2.75) is 13.1 Å². The fourth-order valence-electron chi connectivity index (χ4n) is 1.47. The van der Waals surface area contributed by atoms with Gasteiger partial charge in [0.25, 0.3) is 0 Å². The molecule has 2 rings (SSSR count). The number of thiocarbonyl (C=S) groups is 1. The minimum absolute atomic E-state index is 0.656. The topological polar surface area (TPSA) is 24.1 Å². The van der Waals surface area contributed by atoms with Gasteiger partial charge in [-0.3, -0.25) is 0 Å². The lowest BCUT2D eigenvalue weighted by atomic mass is 10.2. The monoisotopic (exact) mass is 296 g/mol. The fraction of sp³-hybridized carbons (Fsp3) is 0.154. The number of hydrogen-bond acceptors (Lipinski definition) is 2. The average molecular weight is 297 g/mol. The highest BCUT2D eigenvalue weighted by atomic mass is 35.5. The van der Waals surface area contributed by atoms with Crippen molar-refractivity contribution in [1.29, 1.82) is 0 Å². The van der Waals surface area contributed by atoms with Gasteiger partial charge in [0.15, 0.2) is 5.11 Å². The number of rotatable bonds is 4. The van der Waals surface area contributed by atoms with E-state index in [4.69, 9.17) is 23.8 Å². The summed E-state index contributed by atoms with van der Waals surface area (Å²) < 4.78 is 0. The summed E-state index contributed by atoms with van der Waals surface area (Å²) in [6.45, 7) is 1.44. The molecule has 0 fully saturated rings. The Morgan fingerprint density at radius 3 is 2.72 bits per heavy atom. The molecule has 94 valence electrons. The molecule has 0 aliphatic carbocycles. The number of thiophene rings is 1. The van der Waals surface area contributed by atoms with Gasteiger partial charge >= 0.3 is 0 Å². The van der Waals surface area contributed by atoms with Crippen LogP contribution in [0.3, 0.4) is 0 Å². The molecule has 18 heavy (non-hydrogen) atoms. The average Bonchev–Trinajstić information content (AvgIpc) is 2.87. The zero-order valence-electron chi connectivity index (χ0n) is 9.65. The number of benzene rings is 1. The molecule has 0 bridgehead atoms. The van der Waals surface area contributed by atoms with Crippen LogP contribution in [0, 0.1) is 0 Å². The molecule has 1 aromatic carbocycles. The van der Waals surface area contributed by atoms with Crippen molar-refractivity contribution in [2.75, 3.05) is 0 Å². The van der Waals surface area contributed by atoms with E-state index in [1.165, 1.54) is 4.88 Å². The van der Waals surface area contributed by atoms with Gasteiger partial charge in [-0.25, -0.2) is 0 Å². The van der Waals surface area contributed by atoms with E-state index < -0.39 is 0 Å². The summed E-state index contributed by atoms with van der Waals surface area (Å²) in [6.07, 6.45) is 0. The molecular formula is C13H13ClN2S2. The molecule has 0 unspecified atom stereocenters. The standard InChI is InChI=1S/C13H13ClN2S2/c14-11-4-1-3-10(7-11)8-15-13(17)16-9-12-5-2-6-18-12/h1-7H,8-9H2,(H2,15,16,17). The molecule has 0 amide bonds. The summed E-state index contributed by atoms with van der Waals surface area (Å²) in [4.78, 5) is 1.27. The maximum atomic E-state index is 5.91. The largest absolute Gasteiger partial charge is 0.359 e. The molecule has 0 radical (unpaired) electrons. The van der Waals surface area contributed by atoms with Crippen molar-refractivity contribution in [1.82, 2.24) is 10.6 Å². The third-order valence-corrected chi connectivity index (χ3v) is 3.75. The highest BCUT2D eigenvalue weighted by Crippen LogP contribution is 2.10. The molecule has 5 heteroatoms. The van der Waals surface area contributed by atoms with Gasteiger partial charge in [0.05, 0.1) is 6.54 Å². The Balaban J connectivity index is 1.75. The van der Waals surface area contributed by atoms with Gasteiger partial charge in [0, 0.05) is 16.4 Å². The van der Waals surface area contributed by atoms with Crippen LogP contribution in [0.25, 0.3) is 0 Å². The molecule has 2 nitrogen and oxygen atoms in total. The maximum absolute atomic E-state index is 5.91. The van der Waals surface area contributed by atoms with Crippen LogP contribution in [0.2, 0.25) is 5.02 Å². The van der Waals surface area contributed by atoms with Crippen LogP contribution in [0.4, 0.5) is 0 Å². The molecular weight excluding hydrogens is 284 g/mol. The Bertz CT molecular complexity index is 511. The molecule has 0 aliphatic rings. The summed E-state index contributed by atoms with van der Waals surface area (Å²) in [5, 5.41) is 9.78. The number of hydrogen-bond donors (Lipinski definition) is 2. The third-order valence-electron chi connectivity index (χ3n) is 2.35. The van der Waals surface area contributed by atoms with Crippen molar-refractivity contribution in [3.8, 4) is 0 Å². The van der Waals surface area contributed by atoms with E-state index in [1.54, 1.807) is 11.3 Å². The lowest BCUT2D eigenvalue weighted by Crippen LogP contribution is -2.34. The van der Waals surface area contributed by atoms with E-state index in [-0.39, 0.29) is 0 Å². The van der Waals surface area contributed by atoms with Crippen molar-refractivity contribution in [3.05, 3.63) is 57.2 Å². The van der Waals surface area contributed by atoms with Crippen LogP contribution in [-0.4, -0.2) is 5.11 Å². The summed E-state index contributed by atoms with van der Waals surface area (Å²) in [5.74, 6) is 0. The van der Waals surface area contributed by atoms with Gasteiger partial charge in [0.1, 0.15) is 0 Å². The van der Waals surface area contributed by atoms with Crippen LogP contribution in [-0.2, 0) is 13.1 Å². The Morgan fingerprint density at radius 1 is 1.17 bits per heavy atom. The van der Waals surface area contributed by atoms with Gasteiger partial charge in [-0.1, -0.05) is 29.8 Å². The first-order valence-electron chi connectivity index (χ1n) is 5.52. The SMILES string of the molecule is S=C(NCc1cccc(Cl)c1)NCc1cccs1. The first-order chi connectivity index (χ1) is 8.74. The first kappa shape index (κ1) is 13.3. The molecule has 0 spiro atoms. The van der Waals surface area contributed by atoms with E-state index in [2.05, 4.69) is 22.1 Å². The Morgan fingerprint density at radius 2 is 2.00 bits per heavy atom. The van der Waals surface area contributed by atoms with Crippen LogP contribution in [0.5, 0.6) is 0 Å². The van der Waals surface area contributed by atoms with Gasteiger partial charge in [0.2, 0.25) is 0 Å². The van der Waals surface area contributed by atoms with E-state index in [9.17, 15) is 0 Å². The predicted molar refractivity (Wildman–Crippen MR) is 82.0 cm³/mol. The normalized spacial score (nSPS) is 10.1. The minimum Gasteiger partial charge on any atom is -0.359 e. The molecule has 0 atom stereocenters. The fourth-order valence-corrected chi connectivity index (χ4v) is 2.47. The van der Waals surface area contributed by atoms with E-state index in [0.717, 1.165) is 17.1 Å². The van der Waals surface area contributed by atoms with Crippen LogP contribution < -0.4 is 10.6 Å². The van der Waals surface area contributed by atoms with Gasteiger partial charge in [-0.05, 0) is 41.4 Å². The van der Waals surface area contributed by atoms with Crippen LogP contribution >= 0.6 is 35.2 Å². The highest BCUT2D eigenvalue weighted by Gasteiger charge is 1.98. The Kier molecular flexibility index (Phi) is 4.99. The second-order valence-corrected chi connectivity index (χ2v) is 5.62. The molecule has 2 N–H and O–H groups in total. The Hall–Kier alpha value is -1.10. The summed E-state index contributed by atoms with van der Waals surface area (Å²) in [5.41, 5.74) is 1.11. The van der Waals surface area contributed by atoms with Crippen molar-refractivity contribution < 1.29 is 0 Å². The second kappa shape index (κ2) is 6.73. The van der Waals surface area contributed by atoms with Gasteiger partial charge in [-0.2, -0.15) is 0 Å². The van der Waals surface area contributed by atoms with Crippen molar-refractivity contribution in [3.63, 3.8) is 0 Å². The molecule has 0 saturated carbocycles. The molecule has 2 aromatic rings. The molecule has 0 saturated heterocycles. The zero-order chi connectivity index (χ0) is 12.8. The number of halogens is 1. The summed E-state index contributed by atoms with van der Waals surface area (Å²) >= 11 is 12.8. The lowest BCUT2D eigenvalue weighted by Gasteiger charge is -2.09. The van der Waals surface area contributed by atoms with E-state index in [0.29, 0.717) is 11.7 Å². The minimum atomic E-state index is 0.656. The van der Waals surface area contributed by atoms with E-state index >= 15 is 0 Å². The molecule has 0 aliphatic heterocycles. The lowest BCUT2D eigenvalue weighted by molar-refractivity contribution is 0.840. The predicted octanol–water partition coefficient (Wildman–Crippen LogP) is 3.57. The van der Waals surface area contributed by atoms with Gasteiger partial charge < -0.3 is 10.6 Å². The van der Waals surface area contributed by atoms with E-state index in [1.807, 2.05) is 30.3 Å². The maximum Gasteiger partial charge on any atom is 0.166 e. The van der Waals surface area contributed by atoms with Crippen LogP contribution in [0.1, 0.15) is 10.4 Å². The second-order valence-electron chi connectivity index (χ2n) is 3.75. The smallest absolute Gasteiger partial charge is 0.166 e. The van der Waals surface area contributed by atoms with Crippen molar-refractivity contribution >= 4 is 40.3 Å². The van der Waals surface area contributed by atoms with Crippen molar-refractivity contribution in [2.24, 2.45) is 0 Å². The first-order valence-corrected chi connectivity index (χ1v) is 7.19. The quantitative estimate of drug-likeness (QED) is 0.844. The molecule has 1 heterocycles. The molecule has 1 aromatic heterocycles. The number of nitrogens with one attached hydrogen (secondary N) is 2. The van der Waals surface area contributed by atoms with Gasteiger partial charge in [-0.15, -0.1) is 11.3 Å². The summed E-state index contributed by atoms with van der Waals surface area (Å²) in [7, 11) is 0.